The summed E-state index contributed by atoms with van der Waals surface area (Å²) in [5, 5.41) is 18.0. The lowest BCUT2D eigenvalue weighted by molar-refractivity contribution is -0.143. The SMILES string of the molecule is C[C@@H]1CC[C@H]([C@H](C)C(=O)O)[C@H]1CO. The van der Waals surface area contributed by atoms with Gasteiger partial charge in [-0.25, -0.2) is 0 Å². The third-order valence-electron chi connectivity index (χ3n) is 3.48. The van der Waals surface area contributed by atoms with Crippen LogP contribution in [0, 0.1) is 23.7 Å². The normalized spacial score (nSPS) is 36.1. The predicted molar refractivity (Wildman–Crippen MR) is 49.3 cm³/mol. The summed E-state index contributed by atoms with van der Waals surface area (Å²) >= 11 is 0. The van der Waals surface area contributed by atoms with Gasteiger partial charge in [-0.2, -0.15) is 0 Å². The lowest BCUT2D eigenvalue weighted by Crippen LogP contribution is -2.27. The van der Waals surface area contributed by atoms with Crippen LogP contribution in [-0.2, 0) is 4.79 Å². The first-order valence-electron chi connectivity index (χ1n) is 4.91. The first-order chi connectivity index (χ1) is 6.07. The van der Waals surface area contributed by atoms with Gasteiger partial charge in [-0.1, -0.05) is 20.3 Å². The van der Waals surface area contributed by atoms with Crippen LogP contribution in [0.25, 0.3) is 0 Å². The Labute approximate surface area is 78.8 Å². The number of hydrogen-bond donors (Lipinski definition) is 2. The molecule has 0 saturated heterocycles. The smallest absolute Gasteiger partial charge is 0.306 e. The van der Waals surface area contributed by atoms with Crippen LogP contribution in [0.2, 0.25) is 0 Å². The lowest BCUT2D eigenvalue weighted by Gasteiger charge is -2.23. The zero-order valence-corrected chi connectivity index (χ0v) is 8.23. The summed E-state index contributed by atoms with van der Waals surface area (Å²) < 4.78 is 0. The minimum atomic E-state index is -0.738. The molecule has 0 heterocycles. The highest BCUT2D eigenvalue weighted by Gasteiger charge is 2.38. The van der Waals surface area contributed by atoms with Crippen molar-refractivity contribution >= 4 is 5.97 Å². The topological polar surface area (TPSA) is 57.5 Å². The molecule has 0 unspecified atom stereocenters. The Morgan fingerprint density at radius 3 is 2.62 bits per heavy atom. The number of aliphatic hydroxyl groups excluding tert-OH is 1. The van der Waals surface area contributed by atoms with Crippen LogP contribution in [0.5, 0.6) is 0 Å². The van der Waals surface area contributed by atoms with E-state index in [1.165, 1.54) is 0 Å². The summed E-state index contributed by atoms with van der Waals surface area (Å²) in [4.78, 5) is 10.8. The number of carboxylic acid groups (broad SMARTS) is 1. The highest BCUT2D eigenvalue weighted by Crippen LogP contribution is 2.40. The van der Waals surface area contributed by atoms with E-state index >= 15 is 0 Å². The summed E-state index contributed by atoms with van der Waals surface area (Å²) in [5.41, 5.74) is 0. The Morgan fingerprint density at radius 1 is 1.54 bits per heavy atom. The van der Waals surface area contributed by atoms with Crippen LogP contribution in [0.4, 0.5) is 0 Å². The van der Waals surface area contributed by atoms with Gasteiger partial charge in [0.1, 0.15) is 0 Å². The Morgan fingerprint density at radius 2 is 2.15 bits per heavy atom. The number of carbonyl (C=O) groups is 1. The zero-order valence-electron chi connectivity index (χ0n) is 8.23. The third-order valence-corrected chi connectivity index (χ3v) is 3.48. The molecule has 1 aliphatic rings. The van der Waals surface area contributed by atoms with E-state index in [4.69, 9.17) is 10.2 Å². The van der Waals surface area contributed by atoms with E-state index in [2.05, 4.69) is 6.92 Å². The fourth-order valence-corrected chi connectivity index (χ4v) is 2.42. The average molecular weight is 186 g/mol. The van der Waals surface area contributed by atoms with Crippen LogP contribution in [0.1, 0.15) is 26.7 Å². The van der Waals surface area contributed by atoms with E-state index in [1.807, 2.05) is 0 Å². The van der Waals surface area contributed by atoms with Gasteiger partial charge in [-0.05, 0) is 24.2 Å². The summed E-state index contributed by atoms with van der Waals surface area (Å²) in [6.07, 6.45) is 1.99. The average Bonchev–Trinajstić information content (AvgIpc) is 2.45. The number of aliphatic hydroxyl groups is 1. The quantitative estimate of drug-likeness (QED) is 0.699. The molecule has 0 aromatic heterocycles. The molecule has 76 valence electrons. The molecule has 0 radical (unpaired) electrons. The monoisotopic (exact) mass is 186 g/mol. The number of aliphatic carboxylic acids is 1. The van der Waals surface area contributed by atoms with Crippen molar-refractivity contribution in [3.05, 3.63) is 0 Å². The molecule has 1 saturated carbocycles. The predicted octanol–water partition coefficient (Wildman–Crippen LogP) is 1.36. The second-order valence-corrected chi connectivity index (χ2v) is 4.19. The van der Waals surface area contributed by atoms with Gasteiger partial charge >= 0.3 is 5.97 Å². The largest absolute Gasteiger partial charge is 0.481 e. The summed E-state index contributed by atoms with van der Waals surface area (Å²) in [6, 6.07) is 0. The molecule has 3 nitrogen and oxygen atoms in total. The molecule has 0 aliphatic heterocycles. The van der Waals surface area contributed by atoms with Gasteiger partial charge in [0.25, 0.3) is 0 Å². The van der Waals surface area contributed by atoms with Gasteiger partial charge in [-0.3, -0.25) is 4.79 Å². The molecule has 4 atom stereocenters. The van der Waals surface area contributed by atoms with Crippen molar-refractivity contribution in [2.45, 2.75) is 26.7 Å². The van der Waals surface area contributed by atoms with E-state index in [9.17, 15) is 4.79 Å². The molecular weight excluding hydrogens is 168 g/mol. The van der Waals surface area contributed by atoms with Gasteiger partial charge in [0.2, 0.25) is 0 Å². The maximum Gasteiger partial charge on any atom is 0.306 e. The van der Waals surface area contributed by atoms with E-state index in [1.54, 1.807) is 6.92 Å². The van der Waals surface area contributed by atoms with Gasteiger partial charge < -0.3 is 10.2 Å². The molecule has 1 aliphatic carbocycles. The van der Waals surface area contributed by atoms with E-state index in [0.29, 0.717) is 5.92 Å². The fourth-order valence-electron chi connectivity index (χ4n) is 2.42. The van der Waals surface area contributed by atoms with Crippen molar-refractivity contribution in [1.29, 1.82) is 0 Å². The second kappa shape index (κ2) is 4.09. The number of hydrogen-bond acceptors (Lipinski definition) is 2. The van der Waals surface area contributed by atoms with Crippen LogP contribution >= 0.6 is 0 Å². The second-order valence-electron chi connectivity index (χ2n) is 4.19. The van der Waals surface area contributed by atoms with Crippen molar-refractivity contribution < 1.29 is 15.0 Å². The Bertz CT molecular complexity index is 191. The molecule has 3 heteroatoms. The van der Waals surface area contributed by atoms with Crippen molar-refractivity contribution in [2.24, 2.45) is 23.7 Å². The number of carboxylic acids is 1. The molecule has 0 aromatic rings. The standard InChI is InChI=1S/C10H18O3/c1-6-3-4-8(9(6)5-11)7(2)10(12)13/h6-9,11H,3-5H2,1-2H3,(H,12,13)/t6-,7+,8-,9+/m1/s1. The minimum Gasteiger partial charge on any atom is -0.481 e. The van der Waals surface area contributed by atoms with Crippen LogP contribution < -0.4 is 0 Å². The maximum absolute atomic E-state index is 10.8. The molecule has 1 rings (SSSR count). The van der Waals surface area contributed by atoms with Gasteiger partial charge in [0.05, 0.1) is 5.92 Å². The highest BCUT2D eigenvalue weighted by molar-refractivity contribution is 5.70. The first-order valence-corrected chi connectivity index (χ1v) is 4.91. The molecule has 1 fully saturated rings. The van der Waals surface area contributed by atoms with E-state index < -0.39 is 5.97 Å². The van der Waals surface area contributed by atoms with Gasteiger partial charge in [0.15, 0.2) is 0 Å². The summed E-state index contributed by atoms with van der Waals surface area (Å²) in [6.45, 7) is 3.96. The Kier molecular flexibility index (Phi) is 3.31. The third kappa shape index (κ3) is 2.02. The zero-order chi connectivity index (χ0) is 10.0. The molecule has 2 N–H and O–H groups in total. The minimum absolute atomic E-state index is 0.128. The van der Waals surface area contributed by atoms with Gasteiger partial charge in [-0.15, -0.1) is 0 Å². The molecule has 0 amide bonds. The van der Waals surface area contributed by atoms with Crippen LogP contribution in [0.3, 0.4) is 0 Å². The molecule has 0 aromatic carbocycles. The fraction of sp³-hybridized carbons (Fsp3) is 0.900. The van der Waals surface area contributed by atoms with Crippen molar-refractivity contribution in [3.63, 3.8) is 0 Å². The summed E-state index contributed by atoms with van der Waals surface area (Å²) in [5.74, 6) is -0.236. The van der Waals surface area contributed by atoms with E-state index in [-0.39, 0.29) is 24.4 Å². The molecule has 0 bridgehead atoms. The van der Waals surface area contributed by atoms with Crippen molar-refractivity contribution in [1.82, 2.24) is 0 Å². The lowest BCUT2D eigenvalue weighted by atomic mass is 9.83. The van der Waals surface area contributed by atoms with Gasteiger partial charge in [0, 0.05) is 6.61 Å². The molecule has 0 spiro atoms. The highest BCUT2D eigenvalue weighted by atomic mass is 16.4. The van der Waals surface area contributed by atoms with E-state index in [0.717, 1.165) is 12.8 Å². The number of rotatable bonds is 3. The van der Waals surface area contributed by atoms with Crippen LogP contribution in [0.15, 0.2) is 0 Å². The maximum atomic E-state index is 10.8. The van der Waals surface area contributed by atoms with Crippen LogP contribution in [-0.4, -0.2) is 22.8 Å². The molecule has 13 heavy (non-hydrogen) atoms. The first kappa shape index (κ1) is 10.5. The molecular formula is C10H18O3. The van der Waals surface area contributed by atoms with Crippen molar-refractivity contribution in [2.75, 3.05) is 6.61 Å². The Balaban J connectivity index is 2.64. The Hall–Kier alpha value is -0.570. The summed E-state index contributed by atoms with van der Waals surface area (Å²) in [7, 11) is 0. The van der Waals surface area contributed by atoms with Crippen molar-refractivity contribution in [3.8, 4) is 0 Å².